The molecule has 6 atom stereocenters. The topological polar surface area (TPSA) is 0 Å². The van der Waals surface area contributed by atoms with Crippen molar-refractivity contribution >= 4 is 0 Å². The summed E-state index contributed by atoms with van der Waals surface area (Å²) >= 11 is 0. The van der Waals surface area contributed by atoms with E-state index in [0.717, 1.165) is 18.8 Å². The molecule has 3 heteroatoms. The van der Waals surface area contributed by atoms with E-state index in [1.807, 2.05) is 0 Å². The van der Waals surface area contributed by atoms with Gasteiger partial charge in [0.2, 0.25) is 0 Å². The van der Waals surface area contributed by atoms with Crippen LogP contribution in [-0.4, -0.2) is 18.5 Å². The lowest BCUT2D eigenvalue weighted by molar-refractivity contribution is 0.00271. The molecule has 0 aromatic heterocycles. The first-order valence-corrected chi connectivity index (χ1v) is 10.0. The van der Waals surface area contributed by atoms with Gasteiger partial charge in [-0.25, -0.2) is 13.2 Å². The van der Waals surface area contributed by atoms with Crippen molar-refractivity contribution in [2.75, 3.05) is 0 Å². The fourth-order valence-electron chi connectivity index (χ4n) is 5.74. The maximum absolute atomic E-state index is 14.8. The first-order valence-electron chi connectivity index (χ1n) is 10.0. The Labute approximate surface area is 139 Å². The average Bonchev–Trinajstić information content (AvgIpc) is 2.55. The zero-order valence-electron chi connectivity index (χ0n) is 14.5. The van der Waals surface area contributed by atoms with Crippen LogP contribution in [0.5, 0.6) is 0 Å². The number of alkyl halides is 3. The van der Waals surface area contributed by atoms with E-state index in [2.05, 4.69) is 6.92 Å². The minimum absolute atomic E-state index is 0.0442. The van der Waals surface area contributed by atoms with Gasteiger partial charge >= 0.3 is 0 Å². The van der Waals surface area contributed by atoms with Crippen LogP contribution in [0.15, 0.2) is 0 Å². The molecule has 3 aliphatic rings. The van der Waals surface area contributed by atoms with Gasteiger partial charge in [-0.05, 0) is 74.5 Å². The van der Waals surface area contributed by atoms with Crippen LogP contribution in [0, 0.1) is 29.6 Å². The zero-order chi connectivity index (χ0) is 16.4. The molecule has 0 N–H and O–H groups in total. The van der Waals surface area contributed by atoms with E-state index in [4.69, 9.17) is 0 Å². The molecule has 3 aliphatic carbocycles. The van der Waals surface area contributed by atoms with E-state index in [1.54, 1.807) is 0 Å². The molecular formula is C20H33F3. The molecule has 0 aromatic rings. The largest absolute Gasteiger partial charge is 0.247 e. The summed E-state index contributed by atoms with van der Waals surface area (Å²) in [5, 5.41) is 0. The van der Waals surface area contributed by atoms with Gasteiger partial charge in [0.25, 0.3) is 0 Å². The molecule has 134 valence electrons. The van der Waals surface area contributed by atoms with Crippen molar-refractivity contribution in [1.82, 2.24) is 0 Å². The smallest absolute Gasteiger partial charge is 0.106 e. The third-order valence-corrected chi connectivity index (χ3v) is 7.30. The molecular weight excluding hydrogens is 297 g/mol. The second kappa shape index (κ2) is 7.78. The van der Waals surface area contributed by atoms with Gasteiger partial charge in [-0.3, -0.25) is 0 Å². The summed E-state index contributed by atoms with van der Waals surface area (Å²) in [4.78, 5) is 0. The van der Waals surface area contributed by atoms with E-state index < -0.39 is 18.5 Å². The van der Waals surface area contributed by atoms with Crippen molar-refractivity contribution in [1.29, 1.82) is 0 Å². The fourth-order valence-corrected chi connectivity index (χ4v) is 5.74. The highest BCUT2D eigenvalue weighted by Crippen LogP contribution is 2.47. The average molecular weight is 330 g/mol. The summed E-state index contributed by atoms with van der Waals surface area (Å²) in [7, 11) is 0. The fraction of sp³-hybridized carbons (Fsp3) is 1.00. The lowest BCUT2D eigenvalue weighted by Crippen LogP contribution is -2.40. The Hall–Kier alpha value is -0.210. The summed E-state index contributed by atoms with van der Waals surface area (Å²) < 4.78 is 42.3. The van der Waals surface area contributed by atoms with Crippen molar-refractivity contribution in [2.24, 2.45) is 29.6 Å². The predicted octanol–water partition coefficient (Wildman–Crippen LogP) is 6.43. The van der Waals surface area contributed by atoms with Crippen molar-refractivity contribution in [3.05, 3.63) is 0 Å². The van der Waals surface area contributed by atoms with Gasteiger partial charge in [-0.1, -0.05) is 26.2 Å². The third kappa shape index (κ3) is 4.07. The predicted molar refractivity (Wildman–Crippen MR) is 88.6 cm³/mol. The van der Waals surface area contributed by atoms with Crippen LogP contribution < -0.4 is 0 Å². The highest BCUT2D eigenvalue weighted by molar-refractivity contribution is 4.92. The van der Waals surface area contributed by atoms with Crippen molar-refractivity contribution in [3.8, 4) is 0 Å². The lowest BCUT2D eigenvalue weighted by atomic mass is 9.64. The Morgan fingerprint density at radius 1 is 0.652 bits per heavy atom. The zero-order valence-corrected chi connectivity index (χ0v) is 14.5. The number of halogens is 3. The van der Waals surface area contributed by atoms with E-state index >= 15 is 0 Å². The molecule has 3 saturated carbocycles. The molecule has 0 saturated heterocycles. The van der Waals surface area contributed by atoms with Crippen molar-refractivity contribution in [3.63, 3.8) is 0 Å². The molecule has 3 rings (SSSR count). The molecule has 0 aliphatic heterocycles. The normalized spacial score (nSPS) is 49.0. The number of hydrogen-bond acceptors (Lipinski definition) is 0. The van der Waals surface area contributed by atoms with Gasteiger partial charge in [-0.15, -0.1) is 0 Å². The van der Waals surface area contributed by atoms with Gasteiger partial charge in [0.05, 0.1) is 0 Å². The molecule has 3 fully saturated rings. The SMILES string of the molecule is CCC1CCC(C2CCC(C3CCC(F)CC3F)CC2F)CC1. The van der Waals surface area contributed by atoms with E-state index in [9.17, 15) is 13.2 Å². The van der Waals surface area contributed by atoms with Gasteiger partial charge < -0.3 is 0 Å². The van der Waals surface area contributed by atoms with Crippen LogP contribution in [0.1, 0.15) is 77.6 Å². The van der Waals surface area contributed by atoms with Crippen molar-refractivity contribution in [2.45, 2.75) is 96.1 Å². The van der Waals surface area contributed by atoms with E-state index in [-0.39, 0.29) is 24.2 Å². The summed E-state index contributed by atoms with van der Waals surface area (Å²) in [6.45, 7) is 2.26. The van der Waals surface area contributed by atoms with E-state index in [1.165, 1.54) is 32.1 Å². The summed E-state index contributed by atoms with van der Waals surface area (Å²) in [6, 6.07) is 0. The van der Waals surface area contributed by atoms with Crippen LogP contribution in [0.25, 0.3) is 0 Å². The first-order chi connectivity index (χ1) is 11.1. The summed E-state index contributed by atoms with van der Waals surface area (Å²) in [5.74, 6) is 1.67. The Morgan fingerprint density at radius 2 is 1.22 bits per heavy atom. The van der Waals surface area contributed by atoms with Crippen LogP contribution >= 0.6 is 0 Å². The minimum atomic E-state index is -1.05. The highest BCUT2D eigenvalue weighted by Gasteiger charge is 2.42. The Bertz CT molecular complexity index is 364. The Kier molecular flexibility index (Phi) is 5.96. The van der Waals surface area contributed by atoms with Crippen LogP contribution in [0.4, 0.5) is 13.2 Å². The summed E-state index contributed by atoms with van der Waals surface area (Å²) in [6.07, 6.45) is 6.93. The molecule has 0 aromatic carbocycles. The van der Waals surface area contributed by atoms with E-state index in [0.29, 0.717) is 25.2 Å². The second-order valence-electron chi connectivity index (χ2n) is 8.53. The third-order valence-electron chi connectivity index (χ3n) is 7.30. The molecule has 0 heterocycles. The highest BCUT2D eigenvalue weighted by atomic mass is 19.1. The molecule has 6 unspecified atom stereocenters. The first kappa shape index (κ1) is 17.6. The van der Waals surface area contributed by atoms with Crippen LogP contribution in [0.3, 0.4) is 0 Å². The van der Waals surface area contributed by atoms with Gasteiger partial charge in [-0.2, -0.15) is 0 Å². The molecule has 0 radical (unpaired) electrons. The summed E-state index contributed by atoms with van der Waals surface area (Å²) in [5.41, 5.74) is 0. The minimum Gasteiger partial charge on any atom is -0.247 e. The molecule has 0 spiro atoms. The van der Waals surface area contributed by atoms with Gasteiger partial charge in [0, 0.05) is 6.42 Å². The molecule has 0 bridgehead atoms. The quantitative estimate of drug-likeness (QED) is 0.559. The molecule has 0 amide bonds. The number of rotatable bonds is 3. The Balaban J connectivity index is 1.51. The standard InChI is InChI=1S/C20H33F3/c1-2-13-3-5-14(6-4-13)17-9-7-15(11-19(17)22)18-10-8-16(21)12-20(18)23/h13-20H,2-12H2,1H3. The van der Waals surface area contributed by atoms with Crippen LogP contribution in [0.2, 0.25) is 0 Å². The molecule has 0 nitrogen and oxygen atoms in total. The maximum atomic E-state index is 14.8. The Morgan fingerprint density at radius 3 is 1.83 bits per heavy atom. The van der Waals surface area contributed by atoms with Gasteiger partial charge in [0.1, 0.15) is 18.5 Å². The maximum Gasteiger partial charge on any atom is 0.106 e. The van der Waals surface area contributed by atoms with Crippen LogP contribution in [-0.2, 0) is 0 Å². The second-order valence-corrected chi connectivity index (χ2v) is 8.53. The number of hydrogen-bond donors (Lipinski definition) is 0. The molecule has 23 heavy (non-hydrogen) atoms. The lowest BCUT2D eigenvalue weighted by Gasteiger charge is -2.43. The van der Waals surface area contributed by atoms with Crippen molar-refractivity contribution < 1.29 is 13.2 Å². The van der Waals surface area contributed by atoms with Gasteiger partial charge in [0.15, 0.2) is 0 Å². The monoisotopic (exact) mass is 330 g/mol.